The van der Waals surface area contributed by atoms with Crippen LogP contribution >= 0.6 is 0 Å². The third-order valence-corrected chi connectivity index (χ3v) is 2.86. The predicted octanol–water partition coefficient (Wildman–Crippen LogP) is 2.90. The lowest BCUT2D eigenvalue weighted by Crippen LogP contribution is -2.18. The average Bonchev–Trinajstić information content (AvgIpc) is 2.29. The molecule has 1 aromatic rings. The minimum Gasteiger partial charge on any atom is -0.382 e. The lowest BCUT2D eigenvalue weighted by molar-refractivity contribution is 0.106. The first-order valence-corrected chi connectivity index (χ1v) is 5.63. The predicted molar refractivity (Wildman–Crippen MR) is 63.9 cm³/mol. The molecular weight excluding hydrogens is 205 g/mol. The van der Waals surface area contributed by atoms with Crippen LogP contribution in [0.5, 0.6) is 0 Å². The van der Waals surface area contributed by atoms with Gasteiger partial charge in [-0.25, -0.2) is 4.39 Å². The Morgan fingerprint density at radius 2 is 2.12 bits per heavy atom. The molecule has 0 amide bonds. The molecule has 3 heteroatoms. The van der Waals surface area contributed by atoms with Crippen LogP contribution in [-0.2, 0) is 4.74 Å². The van der Waals surface area contributed by atoms with Gasteiger partial charge in [0.15, 0.2) is 0 Å². The highest BCUT2D eigenvalue weighted by atomic mass is 19.1. The van der Waals surface area contributed by atoms with Crippen LogP contribution in [0.3, 0.4) is 0 Å². The van der Waals surface area contributed by atoms with Crippen molar-refractivity contribution in [2.75, 3.05) is 14.2 Å². The largest absolute Gasteiger partial charge is 0.382 e. The second-order valence-electron chi connectivity index (χ2n) is 4.02. The van der Waals surface area contributed by atoms with Crippen molar-refractivity contribution in [3.05, 3.63) is 35.6 Å². The fraction of sp³-hybridized carbons (Fsp3) is 0.538. The molecule has 2 unspecified atom stereocenters. The van der Waals surface area contributed by atoms with E-state index in [2.05, 4.69) is 5.32 Å². The molecule has 90 valence electrons. The normalized spacial score (nSPS) is 14.8. The number of halogens is 1. The van der Waals surface area contributed by atoms with E-state index in [1.165, 1.54) is 6.07 Å². The van der Waals surface area contributed by atoms with Crippen molar-refractivity contribution >= 4 is 0 Å². The fourth-order valence-electron chi connectivity index (χ4n) is 1.72. The number of rotatable bonds is 6. The summed E-state index contributed by atoms with van der Waals surface area (Å²) in [7, 11) is 3.61. The summed E-state index contributed by atoms with van der Waals surface area (Å²) in [5.74, 6) is -0.183. The summed E-state index contributed by atoms with van der Waals surface area (Å²) < 4.78 is 18.3. The van der Waals surface area contributed by atoms with Gasteiger partial charge in [0.2, 0.25) is 0 Å². The molecule has 0 aliphatic heterocycles. The van der Waals surface area contributed by atoms with Gasteiger partial charge >= 0.3 is 0 Å². The minimum atomic E-state index is -0.183. The van der Waals surface area contributed by atoms with Crippen molar-refractivity contribution in [1.29, 1.82) is 0 Å². The molecule has 1 rings (SSSR count). The molecule has 2 atom stereocenters. The highest BCUT2D eigenvalue weighted by Crippen LogP contribution is 2.20. The van der Waals surface area contributed by atoms with E-state index in [1.807, 2.05) is 20.0 Å². The standard InChI is InChI=1S/C13H20FNO/c1-10(16-3)7-8-13(15-2)11-5-4-6-12(14)9-11/h4-6,9-10,13,15H,7-8H2,1-3H3. The molecule has 0 saturated carbocycles. The zero-order chi connectivity index (χ0) is 12.0. The molecule has 0 aliphatic carbocycles. The van der Waals surface area contributed by atoms with Gasteiger partial charge in [-0.2, -0.15) is 0 Å². The van der Waals surface area contributed by atoms with Crippen LogP contribution in [-0.4, -0.2) is 20.3 Å². The van der Waals surface area contributed by atoms with Crippen molar-refractivity contribution < 1.29 is 9.13 Å². The van der Waals surface area contributed by atoms with E-state index in [4.69, 9.17) is 4.74 Å². The molecule has 0 fully saturated rings. The SMILES string of the molecule is CNC(CCC(C)OC)c1cccc(F)c1. The lowest BCUT2D eigenvalue weighted by atomic mass is 10.0. The Bertz CT molecular complexity index is 317. The lowest BCUT2D eigenvalue weighted by Gasteiger charge is -2.18. The average molecular weight is 225 g/mol. The molecule has 1 N–H and O–H groups in total. The van der Waals surface area contributed by atoms with Crippen LogP contribution in [0, 0.1) is 5.82 Å². The number of methoxy groups -OCH3 is 1. The Morgan fingerprint density at radius 3 is 2.69 bits per heavy atom. The van der Waals surface area contributed by atoms with E-state index < -0.39 is 0 Å². The second kappa shape index (κ2) is 6.61. The number of hydrogen-bond donors (Lipinski definition) is 1. The molecular formula is C13H20FNO. The zero-order valence-electron chi connectivity index (χ0n) is 10.2. The summed E-state index contributed by atoms with van der Waals surface area (Å²) in [5, 5.41) is 3.20. The topological polar surface area (TPSA) is 21.3 Å². The second-order valence-corrected chi connectivity index (χ2v) is 4.02. The van der Waals surface area contributed by atoms with Gasteiger partial charge in [-0.1, -0.05) is 12.1 Å². The Hall–Kier alpha value is -0.930. The highest BCUT2D eigenvalue weighted by molar-refractivity contribution is 5.20. The van der Waals surface area contributed by atoms with E-state index in [0.717, 1.165) is 18.4 Å². The van der Waals surface area contributed by atoms with E-state index in [-0.39, 0.29) is 18.0 Å². The molecule has 0 heterocycles. The Morgan fingerprint density at radius 1 is 1.38 bits per heavy atom. The van der Waals surface area contributed by atoms with E-state index in [1.54, 1.807) is 19.2 Å². The quantitative estimate of drug-likeness (QED) is 0.803. The maximum absolute atomic E-state index is 13.1. The fourth-order valence-corrected chi connectivity index (χ4v) is 1.72. The van der Waals surface area contributed by atoms with Gasteiger partial charge in [0, 0.05) is 13.2 Å². The van der Waals surface area contributed by atoms with Gasteiger partial charge in [-0.05, 0) is 44.5 Å². The molecule has 2 nitrogen and oxygen atoms in total. The zero-order valence-corrected chi connectivity index (χ0v) is 10.2. The van der Waals surface area contributed by atoms with Gasteiger partial charge in [0.05, 0.1) is 6.10 Å². The van der Waals surface area contributed by atoms with Gasteiger partial charge in [-0.3, -0.25) is 0 Å². The van der Waals surface area contributed by atoms with Gasteiger partial charge in [0.1, 0.15) is 5.82 Å². The third kappa shape index (κ3) is 3.91. The van der Waals surface area contributed by atoms with Gasteiger partial charge in [-0.15, -0.1) is 0 Å². The molecule has 16 heavy (non-hydrogen) atoms. The van der Waals surface area contributed by atoms with Crippen molar-refractivity contribution in [2.24, 2.45) is 0 Å². The maximum atomic E-state index is 13.1. The molecule has 1 aromatic carbocycles. The smallest absolute Gasteiger partial charge is 0.123 e. The number of ether oxygens (including phenoxy) is 1. The van der Waals surface area contributed by atoms with E-state index >= 15 is 0 Å². The first-order valence-electron chi connectivity index (χ1n) is 5.63. The van der Waals surface area contributed by atoms with Gasteiger partial charge < -0.3 is 10.1 Å². The first kappa shape index (κ1) is 13.1. The number of nitrogens with one attached hydrogen (secondary N) is 1. The number of benzene rings is 1. The summed E-state index contributed by atoms with van der Waals surface area (Å²) in [5.41, 5.74) is 0.991. The van der Waals surface area contributed by atoms with Crippen molar-refractivity contribution in [2.45, 2.75) is 31.9 Å². The molecule has 0 radical (unpaired) electrons. The third-order valence-electron chi connectivity index (χ3n) is 2.86. The summed E-state index contributed by atoms with van der Waals surface area (Å²) in [6, 6.07) is 6.93. The Balaban J connectivity index is 2.60. The van der Waals surface area contributed by atoms with Crippen LogP contribution in [0.4, 0.5) is 4.39 Å². The minimum absolute atomic E-state index is 0.183. The van der Waals surface area contributed by atoms with Crippen LogP contribution in [0.25, 0.3) is 0 Å². The summed E-state index contributed by atoms with van der Waals surface area (Å²) in [6.45, 7) is 2.04. The van der Waals surface area contributed by atoms with Crippen LogP contribution in [0.2, 0.25) is 0 Å². The number of hydrogen-bond acceptors (Lipinski definition) is 2. The maximum Gasteiger partial charge on any atom is 0.123 e. The monoisotopic (exact) mass is 225 g/mol. The van der Waals surface area contributed by atoms with Crippen molar-refractivity contribution in [3.63, 3.8) is 0 Å². The van der Waals surface area contributed by atoms with E-state index in [0.29, 0.717) is 0 Å². The first-order chi connectivity index (χ1) is 7.67. The Labute approximate surface area is 96.8 Å². The van der Waals surface area contributed by atoms with Crippen LogP contribution in [0.1, 0.15) is 31.4 Å². The molecule has 0 aliphatic rings. The van der Waals surface area contributed by atoms with Gasteiger partial charge in [0.25, 0.3) is 0 Å². The molecule has 0 bridgehead atoms. The van der Waals surface area contributed by atoms with Crippen LogP contribution < -0.4 is 5.32 Å². The summed E-state index contributed by atoms with van der Waals surface area (Å²) in [4.78, 5) is 0. The van der Waals surface area contributed by atoms with E-state index in [9.17, 15) is 4.39 Å². The molecule has 0 saturated heterocycles. The highest BCUT2D eigenvalue weighted by Gasteiger charge is 2.11. The van der Waals surface area contributed by atoms with Crippen molar-refractivity contribution in [1.82, 2.24) is 5.32 Å². The summed E-state index contributed by atoms with van der Waals surface area (Å²) >= 11 is 0. The summed E-state index contributed by atoms with van der Waals surface area (Å²) in [6.07, 6.45) is 2.14. The Kier molecular flexibility index (Phi) is 5.43. The van der Waals surface area contributed by atoms with Crippen molar-refractivity contribution in [3.8, 4) is 0 Å². The van der Waals surface area contributed by atoms with Crippen LogP contribution in [0.15, 0.2) is 24.3 Å². The molecule has 0 spiro atoms. The molecule has 0 aromatic heterocycles.